The van der Waals surface area contributed by atoms with Crippen LogP contribution in [0.1, 0.15) is 20.8 Å². The Balaban J connectivity index is 2.92. The number of nitrogens with two attached hydrogens (primary N) is 3. The second kappa shape index (κ2) is 2.92. The van der Waals surface area contributed by atoms with Crippen molar-refractivity contribution in [3.8, 4) is 0 Å². The molecule has 0 bridgehead atoms. The zero-order chi connectivity index (χ0) is 10.5. The van der Waals surface area contributed by atoms with Crippen molar-refractivity contribution in [2.45, 2.75) is 35.4 Å². The van der Waals surface area contributed by atoms with Gasteiger partial charge in [0.2, 0.25) is 0 Å². The lowest BCUT2D eigenvalue weighted by atomic mass is 9.77. The Morgan fingerprint density at radius 3 is 1.92 bits per heavy atom. The Morgan fingerprint density at radius 2 is 1.69 bits per heavy atom. The average Bonchev–Trinajstić information content (AvgIpc) is 2.68. The largest absolute Gasteiger partial charge is 0.321 e. The van der Waals surface area contributed by atoms with Crippen molar-refractivity contribution in [2.75, 3.05) is 0 Å². The van der Waals surface area contributed by atoms with Crippen LogP contribution in [0.3, 0.4) is 0 Å². The van der Waals surface area contributed by atoms with E-state index in [4.69, 9.17) is 17.2 Å². The summed E-state index contributed by atoms with van der Waals surface area (Å²) in [6, 6.07) is 0. The minimum absolute atomic E-state index is 0.283. The van der Waals surface area contributed by atoms with E-state index in [0.717, 1.165) is 0 Å². The Morgan fingerprint density at radius 1 is 1.31 bits per heavy atom. The normalized spacial score (nSPS) is 28.3. The van der Waals surface area contributed by atoms with E-state index in [1.165, 1.54) is 0 Å². The third kappa shape index (κ3) is 1.54. The Labute approximate surface area is 93.2 Å². The summed E-state index contributed by atoms with van der Waals surface area (Å²) in [5.74, 6) is 0.283. The summed E-state index contributed by atoms with van der Waals surface area (Å²) in [5.41, 5.74) is 17.4. The SMILES string of the molecule is CC(C)[C@@](N)(I)C(C)(N)C1(N)C=C1. The maximum Gasteiger partial charge on any atom is 0.0906 e. The molecule has 0 spiro atoms. The lowest BCUT2D eigenvalue weighted by molar-refractivity contribution is 0.248. The molecular weight excluding hydrogens is 277 g/mol. The average molecular weight is 295 g/mol. The molecule has 13 heavy (non-hydrogen) atoms. The first-order chi connectivity index (χ1) is 5.65. The van der Waals surface area contributed by atoms with Gasteiger partial charge in [-0.2, -0.15) is 0 Å². The van der Waals surface area contributed by atoms with Crippen LogP contribution in [0.15, 0.2) is 12.2 Å². The maximum atomic E-state index is 6.22. The van der Waals surface area contributed by atoms with Gasteiger partial charge in [-0.25, -0.2) is 0 Å². The smallest absolute Gasteiger partial charge is 0.0906 e. The molecule has 1 unspecified atom stereocenters. The van der Waals surface area contributed by atoms with E-state index in [0.29, 0.717) is 0 Å². The molecular formula is C9H18IN3. The van der Waals surface area contributed by atoms with Crippen molar-refractivity contribution >= 4 is 22.6 Å². The summed E-state index contributed by atoms with van der Waals surface area (Å²) in [5, 5.41) is 0. The van der Waals surface area contributed by atoms with Crippen LogP contribution < -0.4 is 17.2 Å². The lowest BCUT2D eigenvalue weighted by Gasteiger charge is -2.46. The van der Waals surface area contributed by atoms with Crippen LogP contribution in [-0.4, -0.2) is 14.6 Å². The molecule has 0 aromatic heterocycles. The Bertz CT molecular complexity index is 237. The predicted molar refractivity (Wildman–Crippen MR) is 64.4 cm³/mol. The summed E-state index contributed by atoms with van der Waals surface area (Å²) in [4.78, 5) is 0. The van der Waals surface area contributed by atoms with Gasteiger partial charge < -0.3 is 17.2 Å². The van der Waals surface area contributed by atoms with Crippen molar-refractivity contribution in [1.82, 2.24) is 0 Å². The van der Waals surface area contributed by atoms with Gasteiger partial charge in [0.1, 0.15) is 0 Å². The molecule has 76 valence electrons. The lowest BCUT2D eigenvalue weighted by Crippen LogP contribution is -2.72. The highest BCUT2D eigenvalue weighted by Gasteiger charge is 2.56. The quantitative estimate of drug-likeness (QED) is 0.311. The highest BCUT2D eigenvalue weighted by Crippen LogP contribution is 2.43. The van der Waals surface area contributed by atoms with Gasteiger partial charge >= 0.3 is 0 Å². The standard InChI is InChI=1S/C9H18IN3/c1-6(2)9(10,13)7(3,11)8(12)4-5-8/h4-6H,11-13H2,1-3H3/t7?,9-/m0/s1. The molecule has 1 aliphatic rings. The van der Waals surface area contributed by atoms with E-state index < -0.39 is 14.6 Å². The number of hydrogen-bond acceptors (Lipinski definition) is 3. The van der Waals surface area contributed by atoms with E-state index >= 15 is 0 Å². The zero-order valence-corrected chi connectivity index (χ0v) is 10.5. The van der Waals surface area contributed by atoms with Crippen LogP contribution in [0.25, 0.3) is 0 Å². The number of rotatable bonds is 3. The fraction of sp³-hybridized carbons (Fsp3) is 0.778. The van der Waals surface area contributed by atoms with Crippen LogP contribution in [0.5, 0.6) is 0 Å². The maximum absolute atomic E-state index is 6.22. The van der Waals surface area contributed by atoms with Gasteiger partial charge in [0.05, 0.1) is 14.6 Å². The fourth-order valence-corrected chi connectivity index (χ4v) is 1.83. The molecule has 0 aromatic rings. The van der Waals surface area contributed by atoms with Crippen molar-refractivity contribution in [1.29, 1.82) is 0 Å². The topological polar surface area (TPSA) is 78.1 Å². The molecule has 4 heteroatoms. The molecule has 0 fully saturated rings. The van der Waals surface area contributed by atoms with Crippen molar-refractivity contribution in [2.24, 2.45) is 23.1 Å². The van der Waals surface area contributed by atoms with Gasteiger partial charge in [-0.15, -0.1) is 0 Å². The summed E-state index contributed by atoms with van der Waals surface area (Å²) < 4.78 is -0.497. The van der Waals surface area contributed by atoms with Gasteiger partial charge in [-0.1, -0.05) is 48.6 Å². The van der Waals surface area contributed by atoms with Crippen LogP contribution in [0, 0.1) is 5.92 Å². The van der Waals surface area contributed by atoms with Crippen LogP contribution in [0.4, 0.5) is 0 Å². The molecule has 2 atom stereocenters. The molecule has 0 aromatic carbocycles. The summed E-state index contributed by atoms with van der Waals surface area (Å²) >= 11 is 2.21. The third-order valence-electron chi connectivity index (χ3n) is 3.06. The van der Waals surface area contributed by atoms with Gasteiger partial charge in [-0.3, -0.25) is 0 Å². The highest BCUT2D eigenvalue weighted by molar-refractivity contribution is 14.1. The van der Waals surface area contributed by atoms with Crippen molar-refractivity contribution in [3.63, 3.8) is 0 Å². The Kier molecular flexibility index (Phi) is 2.56. The molecule has 3 nitrogen and oxygen atoms in total. The van der Waals surface area contributed by atoms with Crippen LogP contribution in [0.2, 0.25) is 0 Å². The first-order valence-corrected chi connectivity index (χ1v) is 5.49. The number of hydrogen-bond donors (Lipinski definition) is 3. The van der Waals surface area contributed by atoms with E-state index in [1.807, 2.05) is 19.1 Å². The second-order valence-electron chi connectivity index (χ2n) is 4.39. The first-order valence-electron chi connectivity index (χ1n) is 4.41. The molecule has 1 aliphatic carbocycles. The molecule has 0 saturated carbocycles. The minimum Gasteiger partial charge on any atom is -0.321 e. The van der Waals surface area contributed by atoms with E-state index in [2.05, 4.69) is 36.4 Å². The zero-order valence-electron chi connectivity index (χ0n) is 8.34. The fourth-order valence-electron chi connectivity index (χ4n) is 1.37. The van der Waals surface area contributed by atoms with Gasteiger partial charge in [0.15, 0.2) is 0 Å². The third-order valence-corrected chi connectivity index (χ3v) is 5.43. The second-order valence-corrected chi connectivity index (χ2v) is 6.18. The van der Waals surface area contributed by atoms with Crippen molar-refractivity contribution in [3.05, 3.63) is 12.2 Å². The molecule has 0 saturated heterocycles. The van der Waals surface area contributed by atoms with Gasteiger partial charge in [-0.05, 0) is 12.8 Å². The van der Waals surface area contributed by atoms with Crippen LogP contribution in [-0.2, 0) is 0 Å². The Hall–Kier alpha value is 0.350. The molecule has 0 amide bonds. The molecule has 0 radical (unpaired) electrons. The molecule has 0 aliphatic heterocycles. The van der Waals surface area contributed by atoms with E-state index in [9.17, 15) is 0 Å². The molecule has 1 rings (SSSR count). The van der Waals surface area contributed by atoms with E-state index in [-0.39, 0.29) is 5.92 Å². The van der Waals surface area contributed by atoms with Crippen LogP contribution >= 0.6 is 22.6 Å². The first kappa shape index (κ1) is 11.4. The van der Waals surface area contributed by atoms with Crippen molar-refractivity contribution < 1.29 is 0 Å². The molecule has 6 N–H and O–H groups in total. The predicted octanol–water partition coefficient (Wildman–Crippen LogP) is 0.717. The summed E-state index contributed by atoms with van der Waals surface area (Å²) in [6.45, 7) is 6.03. The monoisotopic (exact) mass is 295 g/mol. The summed E-state index contributed by atoms with van der Waals surface area (Å²) in [6.07, 6.45) is 3.82. The molecule has 0 heterocycles. The highest BCUT2D eigenvalue weighted by atomic mass is 127. The summed E-state index contributed by atoms with van der Waals surface area (Å²) in [7, 11) is 0. The van der Waals surface area contributed by atoms with E-state index in [1.54, 1.807) is 0 Å². The van der Waals surface area contributed by atoms with Gasteiger partial charge in [0.25, 0.3) is 0 Å². The van der Waals surface area contributed by atoms with Gasteiger partial charge in [0, 0.05) is 0 Å². The number of alkyl halides is 1. The minimum atomic E-state index is -0.602. The number of halogens is 1.